The molecule has 0 aliphatic heterocycles. The number of anilines is 1. The van der Waals surface area contributed by atoms with Gasteiger partial charge in [-0.05, 0) is 25.1 Å². The van der Waals surface area contributed by atoms with Crippen LogP contribution in [-0.2, 0) is 10.0 Å². The van der Waals surface area contributed by atoms with Crippen molar-refractivity contribution in [3.63, 3.8) is 0 Å². The smallest absolute Gasteiger partial charge is 0.243 e. The van der Waals surface area contributed by atoms with Gasteiger partial charge in [0.2, 0.25) is 21.9 Å². The lowest BCUT2D eigenvalue weighted by Gasteiger charge is -2.18. The van der Waals surface area contributed by atoms with Gasteiger partial charge in [-0.15, -0.1) is 10.2 Å². The van der Waals surface area contributed by atoms with Crippen LogP contribution in [0.1, 0.15) is 17.6 Å². The molecule has 2 N–H and O–H groups in total. The molecule has 0 radical (unpaired) electrons. The fraction of sp³-hybridized carbons (Fsp3) is 0.273. The van der Waals surface area contributed by atoms with Crippen molar-refractivity contribution in [3.8, 4) is 34.6 Å². The number of ether oxygens (including phenoxy) is 3. The summed E-state index contributed by atoms with van der Waals surface area (Å²) >= 11 is 0. The van der Waals surface area contributed by atoms with E-state index in [1.54, 1.807) is 43.3 Å². The van der Waals surface area contributed by atoms with E-state index < -0.39 is 21.9 Å². The molecule has 3 aromatic heterocycles. The first-order valence-corrected chi connectivity index (χ1v) is 12.2. The van der Waals surface area contributed by atoms with Crippen molar-refractivity contribution in [3.05, 3.63) is 53.9 Å². The summed E-state index contributed by atoms with van der Waals surface area (Å²) in [4.78, 5) is 4.40. The molecule has 1 aromatic carbocycles. The van der Waals surface area contributed by atoms with Gasteiger partial charge in [-0.1, -0.05) is 17.3 Å². The lowest BCUT2D eigenvalue weighted by Crippen LogP contribution is -2.23. The van der Waals surface area contributed by atoms with Crippen molar-refractivity contribution in [2.24, 2.45) is 0 Å². The predicted octanol–water partition coefficient (Wildman–Crippen LogP) is 2.13. The number of pyridine rings is 1. The Labute approximate surface area is 206 Å². The molecule has 0 saturated heterocycles. The third kappa shape index (κ3) is 5.08. The van der Waals surface area contributed by atoms with Crippen molar-refractivity contribution in [1.29, 1.82) is 0 Å². The summed E-state index contributed by atoms with van der Waals surface area (Å²) in [5.41, 5.74) is 1.18. The zero-order valence-electron chi connectivity index (χ0n) is 19.9. The number of benzene rings is 1. The van der Waals surface area contributed by atoms with Gasteiger partial charge in [0.1, 0.15) is 34.7 Å². The van der Waals surface area contributed by atoms with Crippen LogP contribution in [0.25, 0.3) is 17.2 Å². The van der Waals surface area contributed by atoms with Crippen molar-refractivity contribution in [2.75, 3.05) is 31.8 Å². The predicted molar refractivity (Wildman–Crippen MR) is 128 cm³/mol. The summed E-state index contributed by atoms with van der Waals surface area (Å²) in [5, 5.41) is 22.3. The maximum absolute atomic E-state index is 13.0. The molecule has 0 aliphatic rings. The van der Waals surface area contributed by atoms with Gasteiger partial charge in [0.25, 0.3) is 0 Å². The van der Waals surface area contributed by atoms with E-state index in [2.05, 4.69) is 25.1 Å². The number of nitrogens with zero attached hydrogens (tertiary/aromatic N) is 5. The largest absolute Gasteiger partial charge is 0.494 e. The summed E-state index contributed by atoms with van der Waals surface area (Å²) in [5.74, 6) is 0.337. The summed E-state index contributed by atoms with van der Waals surface area (Å²) in [7, 11) is 0.239. The minimum absolute atomic E-state index is 0.0204. The number of nitrogens with one attached hydrogen (secondary N) is 1. The molecule has 0 amide bonds. The maximum Gasteiger partial charge on any atom is 0.243 e. The zero-order valence-corrected chi connectivity index (χ0v) is 20.7. The number of hydrogen-bond acceptors (Lipinski definition) is 11. The minimum atomic E-state index is -4.16. The number of methoxy groups -OCH3 is 3. The Morgan fingerprint density at radius 1 is 1.06 bits per heavy atom. The van der Waals surface area contributed by atoms with Gasteiger partial charge in [0, 0.05) is 12.1 Å². The normalized spacial score (nSPS) is 12.2. The molecular formula is C22H24N6O7S. The second kappa shape index (κ2) is 10.2. The second-order valence-corrected chi connectivity index (χ2v) is 9.30. The molecule has 13 nitrogen and oxygen atoms in total. The quantitative estimate of drug-likeness (QED) is 0.317. The standard InChI is InChI=1S/C22H24N6O7S/c1-13-11-18(35-26-13)15(29)12-36(30,31)27-22-25-24-21(14-7-5-10-19(23-14)34-4)28(22)20-16(32-2)8-6-9-17(20)33-3/h5-11,15,29H,12H2,1-4H3,(H,25,27)/t15-/m0/s1. The molecule has 3 heterocycles. The van der Waals surface area contributed by atoms with E-state index in [0.29, 0.717) is 34.5 Å². The zero-order chi connectivity index (χ0) is 25.9. The van der Waals surface area contributed by atoms with Crippen molar-refractivity contribution < 1.29 is 32.3 Å². The van der Waals surface area contributed by atoms with Gasteiger partial charge < -0.3 is 23.8 Å². The average Bonchev–Trinajstić information content (AvgIpc) is 3.49. The van der Waals surface area contributed by atoms with Crippen LogP contribution in [0, 0.1) is 6.92 Å². The highest BCUT2D eigenvalue weighted by Gasteiger charge is 2.28. The average molecular weight is 517 g/mol. The molecule has 0 spiro atoms. The molecule has 4 rings (SSSR count). The van der Waals surface area contributed by atoms with E-state index in [4.69, 9.17) is 18.7 Å². The number of para-hydroxylation sites is 1. The van der Waals surface area contributed by atoms with Gasteiger partial charge in [0.15, 0.2) is 11.6 Å². The molecule has 1 atom stereocenters. The Hall–Kier alpha value is -4.17. The number of sulfonamides is 1. The van der Waals surface area contributed by atoms with Crippen LogP contribution in [0.5, 0.6) is 17.4 Å². The number of aromatic nitrogens is 5. The number of aliphatic hydroxyl groups is 1. The lowest BCUT2D eigenvalue weighted by atomic mass is 10.2. The second-order valence-electron chi connectivity index (χ2n) is 7.53. The first kappa shape index (κ1) is 24.9. The third-order valence-corrected chi connectivity index (χ3v) is 6.30. The topological polar surface area (TPSA) is 164 Å². The van der Waals surface area contributed by atoms with Crippen LogP contribution >= 0.6 is 0 Å². The van der Waals surface area contributed by atoms with Crippen LogP contribution in [0.3, 0.4) is 0 Å². The molecule has 0 bridgehead atoms. The van der Waals surface area contributed by atoms with Crippen LogP contribution < -0.4 is 18.9 Å². The Bertz CT molecular complexity index is 1450. The van der Waals surface area contributed by atoms with E-state index >= 15 is 0 Å². The van der Waals surface area contributed by atoms with Crippen LogP contribution in [-0.4, -0.2) is 65.5 Å². The fourth-order valence-electron chi connectivity index (χ4n) is 3.44. The van der Waals surface area contributed by atoms with E-state index in [9.17, 15) is 13.5 Å². The number of aliphatic hydroxyl groups excluding tert-OH is 1. The highest BCUT2D eigenvalue weighted by atomic mass is 32.2. The van der Waals surface area contributed by atoms with E-state index in [0.717, 1.165) is 0 Å². The molecule has 190 valence electrons. The van der Waals surface area contributed by atoms with Gasteiger partial charge >= 0.3 is 0 Å². The lowest BCUT2D eigenvalue weighted by molar-refractivity contribution is 0.160. The molecule has 0 aliphatic carbocycles. The van der Waals surface area contributed by atoms with Crippen molar-refractivity contribution >= 4 is 16.0 Å². The number of hydrogen-bond donors (Lipinski definition) is 2. The molecule has 0 saturated carbocycles. The first-order chi connectivity index (χ1) is 17.3. The molecule has 14 heteroatoms. The monoisotopic (exact) mass is 516 g/mol. The molecule has 0 fully saturated rings. The van der Waals surface area contributed by atoms with Crippen LogP contribution in [0.4, 0.5) is 5.95 Å². The highest BCUT2D eigenvalue weighted by Crippen LogP contribution is 2.37. The van der Waals surface area contributed by atoms with Gasteiger partial charge in [-0.2, -0.15) is 0 Å². The van der Waals surface area contributed by atoms with Crippen LogP contribution in [0.2, 0.25) is 0 Å². The fourth-order valence-corrected chi connectivity index (χ4v) is 4.52. The summed E-state index contributed by atoms with van der Waals surface area (Å²) < 4.78 is 51.1. The molecule has 0 unspecified atom stereocenters. The highest BCUT2D eigenvalue weighted by molar-refractivity contribution is 7.92. The van der Waals surface area contributed by atoms with Crippen molar-refractivity contribution in [1.82, 2.24) is 24.9 Å². The Morgan fingerprint density at radius 2 is 1.75 bits per heavy atom. The SMILES string of the molecule is COc1cccc(-c2nnc(NS(=O)(=O)C[C@H](O)c3cc(C)no3)n2-c2c(OC)cccc2OC)n1. The van der Waals surface area contributed by atoms with Gasteiger partial charge in [-0.3, -0.25) is 9.29 Å². The van der Waals surface area contributed by atoms with E-state index in [1.807, 2.05) is 0 Å². The Balaban J connectivity index is 1.82. The van der Waals surface area contributed by atoms with Gasteiger partial charge in [-0.25, -0.2) is 13.4 Å². The maximum atomic E-state index is 13.0. The summed E-state index contributed by atoms with van der Waals surface area (Å²) in [6.07, 6.45) is -1.46. The Kier molecular flexibility index (Phi) is 7.07. The summed E-state index contributed by atoms with van der Waals surface area (Å²) in [6, 6.07) is 11.6. The van der Waals surface area contributed by atoms with Crippen LogP contribution in [0.15, 0.2) is 47.0 Å². The Morgan fingerprint density at radius 3 is 2.36 bits per heavy atom. The summed E-state index contributed by atoms with van der Waals surface area (Å²) in [6.45, 7) is 1.66. The molecular weight excluding hydrogens is 492 g/mol. The van der Waals surface area contributed by atoms with E-state index in [-0.39, 0.29) is 17.5 Å². The van der Waals surface area contributed by atoms with Gasteiger partial charge in [0.05, 0.1) is 27.0 Å². The third-order valence-electron chi connectivity index (χ3n) is 5.05. The van der Waals surface area contributed by atoms with Crippen molar-refractivity contribution in [2.45, 2.75) is 13.0 Å². The molecule has 36 heavy (non-hydrogen) atoms. The minimum Gasteiger partial charge on any atom is -0.494 e. The van der Waals surface area contributed by atoms with E-state index in [1.165, 1.54) is 32.0 Å². The number of aryl methyl sites for hydroxylation is 1. The first-order valence-electron chi connectivity index (χ1n) is 10.6. The number of rotatable bonds is 10. The molecule has 4 aromatic rings.